The van der Waals surface area contributed by atoms with Crippen molar-refractivity contribution in [1.82, 2.24) is 0 Å². The van der Waals surface area contributed by atoms with Crippen LogP contribution in [0.4, 0.5) is 5.88 Å². The van der Waals surface area contributed by atoms with Crippen LogP contribution in [0.5, 0.6) is 0 Å². The Morgan fingerprint density at radius 1 is 1.15 bits per heavy atom. The maximum Gasteiger partial charge on any atom is 0.196 e. The highest BCUT2D eigenvalue weighted by atomic mass is 16.4. The lowest BCUT2D eigenvalue weighted by molar-refractivity contribution is -0.00542. The van der Waals surface area contributed by atoms with Crippen molar-refractivity contribution in [3.63, 3.8) is 0 Å². The molecular formula is C17H26N2O. The van der Waals surface area contributed by atoms with E-state index in [2.05, 4.69) is 17.9 Å². The molecule has 20 heavy (non-hydrogen) atoms. The van der Waals surface area contributed by atoms with Gasteiger partial charge in [-0.3, -0.25) is 0 Å². The summed E-state index contributed by atoms with van der Waals surface area (Å²) in [6.07, 6.45) is 8.61. The van der Waals surface area contributed by atoms with E-state index in [0.717, 1.165) is 35.9 Å². The Kier molecular flexibility index (Phi) is 2.88. The van der Waals surface area contributed by atoms with Crippen molar-refractivity contribution in [2.24, 2.45) is 23.5 Å². The van der Waals surface area contributed by atoms with E-state index in [1.54, 1.807) is 0 Å². The molecule has 4 aliphatic carbocycles. The third-order valence-electron chi connectivity index (χ3n) is 6.01. The van der Waals surface area contributed by atoms with Crippen molar-refractivity contribution in [3.8, 4) is 0 Å². The number of nitrogens with two attached hydrogens (primary N) is 1. The highest BCUT2D eigenvalue weighted by molar-refractivity contribution is 5.42. The molecule has 3 nitrogen and oxygen atoms in total. The van der Waals surface area contributed by atoms with Gasteiger partial charge in [0.1, 0.15) is 5.76 Å². The summed E-state index contributed by atoms with van der Waals surface area (Å²) in [7, 11) is 0. The average Bonchev–Trinajstić information content (AvgIpc) is 2.86. The van der Waals surface area contributed by atoms with Crippen LogP contribution in [0.15, 0.2) is 16.5 Å². The van der Waals surface area contributed by atoms with Gasteiger partial charge in [-0.2, -0.15) is 0 Å². The van der Waals surface area contributed by atoms with Crippen molar-refractivity contribution in [3.05, 3.63) is 17.9 Å². The maximum absolute atomic E-state index is 5.98. The van der Waals surface area contributed by atoms with Crippen molar-refractivity contribution in [1.29, 1.82) is 0 Å². The predicted molar refractivity (Wildman–Crippen MR) is 80.5 cm³/mol. The molecule has 5 rings (SSSR count). The Balaban J connectivity index is 1.66. The molecule has 3 heteroatoms. The Hall–Kier alpha value is -0.960. The van der Waals surface area contributed by atoms with E-state index in [9.17, 15) is 0 Å². The molecule has 0 amide bonds. The van der Waals surface area contributed by atoms with Crippen molar-refractivity contribution < 1.29 is 4.42 Å². The molecule has 1 heterocycles. The number of furan rings is 1. The van der Waals surface area contributed by atoms with Gasteiger partial charge < -0.3 is 15.1 Å². The zero-order valence-corrected chi connectivity index (χ0v) is 12.5. The lowest BCUT2D eigenvalue weighted by Gasteiger charge is -2.60. The van der Waals surface area contributed by atoms with Crippen molar-refractivity contribution in [2.45, 2.75) is 57.5 Å². The number of rotatable bonds is 4. The molecule has 4 bridgehead atoms. The fraction of sp³-hybridized carbons (Fsp3) is 0.765. The molecule has 110 valence electrons. The third-order valence-corrected chi connectivity index (χ3v) is 6.01. The van der Waals surface area contributed by atoms with Crippen LogP contribution >= 0.6 is 0 Å². The third kappa shape index (κ3) is 1.82. The fourth-order valence-corrected chi connectivity index (χ4v) is 5.74. The Morgan fingerprint density at radius 2 is 1.75 bits per heavy atom. The average molecular weight is 274 g/mol. The number of nitrogens with zero attached hydrogens (tertiary/aromatic N) is 1. The largest absolute Gasteiger partial charge is 0.444 e. The molecule has 0 atom stereocenters. The van der Waals surface area contributed by atoms with Gasteiger partial charge in [0.05, 0.1) is 6.54 Å². The van der Waals surface area contributed by atoms with Crippen LogP contribution < -0.4 is 10.6 Å². The second-order valence-corrected chi connectivity index (χ2v) is 7.33. The molecule has 0 unspecified atom stereocenters. The highest BCUT2D eigenvalue weighted by Crippen LogP contribution is 2.58. The first kappa shape index (κ1) is 12.8. The molecule has 0 spiro atoms. The van der Waals surface area contributed by atoms with Crippen LogP contribution in [-0.2, 0) is 6.54 Å². The minimum atomic E-state index is 0.382. The van der Waals surface area contributed by atoms with Gasteiger partial charge in [0.15, 0.2) is 5.88 Å². The first-order chi connectivity index (χ1) is 9.72. The summed E-state index contributed by atoms with van der Waals surface area (Å²) in [5.41, 5.74) is 6.08. The maximum atomic E-state index is 5.98. The molecule has 0 aromatic carbocycles. The Morgan fingerprint density at radius 3 is 2.20 bits per heavy atom. The summed E-state index contributed by atoms with van der Waals surface area (Å²) in [5.74, 6) is 4.87. The molecule has 4 saturated carbocycles. The quantitative estimate of drug-likeness (QED) is 0.913. The highest BCUT2D eigenvalue weighted by Gasteiger charge is 2.53. The fourth-order valence-electron chi connectivity index (χ4n) is 5.74. The number of hydrogen-bond donors (Lipinski definition) is 1. The lowest BCUT2D eigenvalue weighted by atomic mass is 9.52. The van der Waals surface area contributed by atoms with Gasteiger partial charge in [-0.15, -0.1) is 0 Å². The van der Waals surface area contributed by atoms with Gasteiger partial charge in [-0.25, -0.2) is 0 Å². The van der Waals surface area contributed by atoms with E-state index in [-0.39, 0.29) is 0 Å². The van der Waals surface area contributed by atoms with E-state index in [0.29, 0.717) is 12.1 Å². The van der Waals surface area contributed by atoms with Gasteiger partial charge in [0.25, 0.3) is 0 Å². The van der Waals surface area contributed by atoms with Crippen molar-refractivity contribution >= 4 is 5.88 Å². The summed E-state index contributed by atoms with van der Waals surface area (Å²) in [6, 6.07) is 4.17. The molecular weight excluding hydrogens is 248 g/mol. The van der Waals surface area contributed by atoms with Gasteiger partial charge in [0, 0.05) is 18.2 Å². The predicted octanol–water partition coefficient (Wildman–Crippen LogP) is 3.53. The van der Waals surface area contributed by atoms with E-state index in [1.807, 2.05) is 6.07 Å². The topological polar surface area (TPSA) is 42.4 Å². The lowest BCUT2D eigenvalue weighted by Crippen LogP contribution is -2.60. The molecule has 0 aliphatic heterocycles. The van der Waals surface area contributed by atoms with E-state index < -0.39 is 0 Å². The molecule has 4 aliphatic rings. The Labute approximate surface area is 121 Å². The minimum Gasteiger partial charge on any atom is -0.444 e. The van der Waals surface area contributed by atoms with Gasteiger partial charge >= 0.3 is 0 Å². The summed E-state index contributed by atoms with van der Waals surface area (Å²) < 4.78 is 5.98. The minimum absolute atomic E-state index is 0.382. The van der Waals surface area contributed by atoms with Gasteiger partial charge in [-0.1, -0.05) is 0 Å². The van der Waals surface area contributed by atoms with Crippen molar-refractivity contribution in [2.75, 3.05) is 11.4 Å². The van der Waals surface area contributed by atoms with E-state index in [1.165, 1.54) is 38.5 Å². The SMILES string of the molecule is CCN(c1ccc(CN)o1)C12CC3CC(CC(C3)C1)C2. The zero-order chi connectivity index (χ0) is 13.7. The number of hydrogen-bond acceptors (Lipinski definition) is 3. The van der Waals surface area contributed by atoms with E-state index in [4.69, 9.17) is 10.2 Å². The van der Waals surface area contributed by atoms with Crippen LogP contribution in [0.3, 0.4) is 0 Å². The first-order valence-corrected chi connectivity index (χ1v) is 8.29. The standard InChI is InChI=1S/C17H26N2O/c1-2-19(16-4-3-15(11-18)20-16)17-8-12-5-13(9-17)7-14(6-12)10-17/h3-4,12-14H,2,5-11,18H2,1H3. The summed E-state index contributed by atoms with van der Waals surface area (Å²) >= 11 is 0. The Bertz CT molecular complexity index is 458. The molecule has 1 aromatic heterocycles. The number of anilines is 1. The van der Waals surface area contributed by atoms with Gasteiger partial charge in [-0.05, 0) is 69.3 Å². The molecule has 0 saturated heterocycles. The molecule has 1 aromatic rings. The smallest absolute Gasteiger partial charge is 0.196 e. The first-order valence-electron chi connectivity index (χ1n) is 8.29. The summed E-state index contributed by atoms with van der Waals surface area (Å²) in [4.78, 5) is 2.57. The van der Waals surface area contributed by atoms with Crippen LogP contribution in [0, 0.1) is 17.8 Å². The molecule has 4 fully saturated rings. The summed E-state index contributed by atoms with van der Waals surface area (Å²) in [6.45, 7) is 3.81. The van der Waals surface area contributed by atoms with Crippen LogP contribution in [0.2, 0.25) is 0 Å². The van der Waals surface area contributed by atoms with Crippen LogP contribution in [0.25, 0.3) is 0 Å². The monoisotopic (exact) mass is 274 g/mol. The second-order valence-electron chi connectivity index (χ2n) is 7.33. The summed E-state index contributed by atoms with van der Waals surface area (Å²) in [5, 5.41) is 0. The van der Waals surface area contributed by atoms with Crippen LogP contribution in [0.1, 0.15) is 51.2 Å². The zero-order valence-electron chi connectivity index (χ0n) is 12.5. The van der Waals surface area contributed by atoms with E-state index >= 15 is 0 Å². The normalized spacial score (nSPS) is 38.4. The van der Waals surface area contributed by atoms with Crippen LogP contribution in [-0.4, -0.2) is 12.1 Å². The molecule has 2 N–H and O–H groups in total. The van der Waals surface area contributed by atoms with Gasteiger partial charge in [0.2, 0.25) is 0 Å². The second kappa shape index (κ2) is 4.52. The molecule has 0 radical (unpaired) electrons.